The summed E-state index contributed by atoms with van der Waals surface area (Å²) in [6, 6.07) is 10.1. The minimum absolute atomic E-state index is 0.124. The van der Waals surface area contributed by atoms with Gasteiger partial charge in [-0.1, -0.05) is 29.8 Å². The number of furan rings is 1. The van der Waals surface area contributed by atoms with Crippen molar-refractivity contribution in [2.75, 3.05) is 0 Å². The summed E-state index contributed by atoms with van der Waals surface area (Å²) in [6.45, 7) is 2.59. The number of carbonyl (C=O) groups is 1. The topological polar surface area (TPSA) is 42.2 Å². The Balaban J connectivity index is 1.72. The Labute approximate surface area is 112 Å². The molecule has 1 saturated carbocycles. The van der Waals surface area contributed by atoms with Crippen LogP contribution in [-0.4, -0.2) is 5.91 Å². The highest BCUT2D eigenvalue weighted by Crippen LogP contribution is 2.48. The second-order valence-corrected chi connectivity index (χ2v) is 5.27. The minimum atomic E-state index is -0.296. The number of amides is 1. The maximum Gasteiger partial charge on any atom is 0.230 e. The highest BCUT2D eigenvalue weighted by Gasteiger charge is 2.51. The molecule has 1 heterocycles. The summed E-state index contributed by atoms with van der Waals surface area (Å²) in [6.07, 6.45) is 5.16. The minimum Gasteiger partial charge on any atom is -0.472 e. The Morgan fingerprint density at radius 3 is 2.84 bits per heavy atom. The van der Waals surface area contributed by atoms with Gasteiger partial charge < -0.3 is 9.73 Å². The van der Waals surface area contributed by atoms with Crippen LogP contribution in [0.2, 0.25) is 0 Å². The van der Waals surface area contributed by atoms with Crippen LogP contribution in [0.1, 0.15) is 29.5 Å². The van der Waals surface area contributed by atoms with Crippen LogP contribution in [0.4, 0.5) is 0 Å². The van der Waals surface area contributed by atoms with Crippen LogP contribution in [-0.2, 0) is 16.8 Å². The first-order chi connectivity index (χ1) is 9.21. The van der Waals surface area contributed by atoms with E-state index in [2.05, 4.69) is 30.4 Å². The van der Waals surface area contributed by atoms with E-state index < -0.39 is 0 Å². The van der Waals surface area contributed by atoms with Crippen molar-refractivity contribution in [2.24, 2.45) is 0 Å². The number of hydrogen-bond acceptors (Lipinski definition) is 2. The van der Waals surface area contributed by atoms with Gasteiger partial charge in [-0.3, -0.25) is 4.79 Å². The molecule has 98 valence electrons. The van der Waals surface area contributed by atoms with Gasteiger partial charge in [0.05, 0.1) is 17.9 Å². The van der Waals surface area contributed by atoms with E-state index in [1.807, 2.05) is 12.1 Å². The van der Waals surface area contributed by atoms with Crippen molar-refractivity contribution < 1.29 is 9.21 Å². The molecule has 3 rings (SSSR count). The standard InChI is InChI=1S/C16H17NO2/c1-12-3-2-4-14(9-12)16(6-7-16)15(18)17-10-13-5-8-19-11-13/h2-5,8-9,11H,6-7,10H2,1H3,(H,17,18). The van der Waals surface area contributed by atoms with Gasteiger partial charge in [-0.15, -0.1) is 0 Å². The zero-order valence-corrected chi connectivity index (χ0v) is 11.0. The largest absolute Gasteiger partial charge is 0.472 e. The molecule has 0 atom stereocenters. The summed E-state index contributed by atoms with van der Waals surface area (Å²) in [5.74, 6) is 0.124. The zero-order chi connectivity index (χ0) is 13.3. The average Bonchev–Trinajstić information content (AvgIpc) is 3.06. The van der Waals surface area contributed by atoms with Crippen molar-refractivity contribution in [3.8, 4) is 0 Å². The molecule has 0 unspecified atom stereocenters. The predicted octanol–water partition coefficient (Wildman–Crippen LogP) is 2.94. The molecule has 0 radical (unpaired) electrons. The molecule has 1 amide bonds. The number of nitrogens with one attached hydrogen (secondary N) is 1. The van der Waals surface area contributed by atoms with Gasteiger partial charge in [-0.05, 0) is 31.4 Å². The van der Waals surface area contributed by atoms with Gasteiger partial charge in [-0.2, -0.15) is 0 Å². The monoisotopic (exact) mass is 255 g/mol. The summed E-state index contributed by atoms with van der Waals surface area (Å²) >= 11 is 0. The van der Waals surface area contributed by atoms with Gasteiger partial charge in [0.25, 0.3) is 0 Å². The van der Waals surface area contributed by atoms with Crippen molar-refractivity contribution in [1.82, 2.24) is 5.32 Å². The molecule has 3 nitrogen and oxygen atoms in total. The predicted molar refractivity (Wildman–Crippen MR) is 72.6 cm³/mol. The number of benzene rings is 1. The van der Waals surface area contributed by atoms with E-state index in [9.17, 15) is 4.79 Å². The lowest BCUT2D eigenvalue weighted by Crippen LogP contribution is -2.34. The molecule has 0 saturated heterocycles. The van der Waals surface area contributed by atoms with Crippen LogP contribution in [0.5, 0.6) is 0 Å². The second kappa shape index (κ2) is 4.57. The zero-order valence-electron chi connectivity index (χ0n) is 11.0. The summed E-state index contributed by atoms with van der Waals surface area (Å²) in [5.41, 5.74) is 3.03. The molecule has 0 spiro atoms. The van der Waals surface area contributed by atoms with Crippen molar-refractivity contribution >= 4 is 5.91 Å². The van der Waals surface area contributed by atoms with Crippen LogP contribution < -0.4 is 5.32 Å². The number of carbonyl (C=O) groups excluding carboxylic acids is 1. The van der Waals surface area contributed by atoms with Gasteiger partial charge in [0, 0.05) is 12.1 Å². The molecule has 0 bridgehead atoms. The molecular formula is C16H17NO2. The average molecular weight is 255 g/mol. The second-order valence-electron chi connectivity index (χ2n) is 5.27. The lowest BCUT2D eigenvalue weighted by molar-refractivity contribution is -0.123. The summed E-state index contributed by atoms with van der Waals surface area (Å²) in [5, 5.41) is 3.01. The van der Waals surface area contributed by atoms with E-state index in [4.69, 9.17) is 4.42 Å². The summed E-state index contributed by atoms with van der Waals surface area (Å²) in [4.78, 5) is 12.4. The van der Waals surface area contributed by atoms with E-state index in [0.29, 0.717) is 6.54 Å². The van der Waals surface area contributed by atoms with E-state index in [1.165, 1.54) is 5.56 Å². The fourth-order valence-electron chi connectivity index (χ4n) is 2.46. The number of aryl methyl sites for hydroxylation is 1. The van der Waals surface area contributed by atoms with E-state index in [0.717, 1.165) is 24.0 Å². The molecule has 1 aromatic heterocycles. The molecule has 1 aromatic carbocycles. The van der Waals surface area contributed by atoms with Crippen LogP contribution >= 0.6 is 0 Å². The van der Waals surface area contributed by atoms with Crippen LogP contribution in [0.25, 0.3) is 0 Å². The van der Waals surface area contributed by atoms with Crippen molar-refractivity contribution in [1.29, 1.82) is 0 Å². The van der Waals surface area contributed by atoms with Gasteiger partial charge in [0.15, 0.2) is 0 Å². The van der Waals surface area contributed by atoms with E-state index in [-0.39, 0.29) is 11.3 Å². The molecule has 1 aliphatic rings. The lowest BCUT2D eigenvalue weighted by atomic mass is 9.93. The Kier molecular flexibility index (Phi) is 2.90. The molecule has 2 aromatic rings. The smallest absolute Gasteiger partial charge is 0.230 e. The molecule has 0 aliphatic heterocycles. The summed E-state index contributed by atoms with van der Waals surface area (Å²) in [7, 11) is 0. The van der Waals surface area contributed by atoms with Gasteiger partial charge >= 0.3 is 0 Å². The Morgan fingerprint density at radius 2 is 2.21 bits per heavy atom. The Morgan fingerprint density at radius 1 is 1.37 bits per heavy atom. The van der Waals surface area contributed by atoms with Crippen LogP contribution in [0, 0.1) is 6.92 Å². The maximum atomic E-state index is 12.4. The van der Waals surface area contributed by atoms with Gasteiger partial charge in [-0.25, -0.2) is 0 Å². The lowest BCUT2D eigenvalue weighted by Gasteiger charge is -2.16. The third-order valence-corrected chi connectivity index (χ3v) is 3.79. The molecular weight excluding hydrogens is 238 g/mol. The van der Waals surface area contributed by atoms with Crippen molar-refractivity contribution in [3.63, 3.8) is 0 Å². The fraction of sp³-hybridized carbons (Fsp3) is 0.312. The number of rotatable bonds is 4. The normalized spacial score (nSPS) is 16.1. The highest BCUT2D eigenvalue weighted by atomic mass is 16.3. The van der Waals surface area contributed by atoms with Crippen molar-refractivity contribution in [3.05, 3.63) is 59.5 Å². The first-order valence-electron chi connectivity index (χ1n) is 6.57. The van der Waals surface area contributed by atoms with Crippen LogP contribution in [0.15, 0.2) is 47.3 Å². The SMILES string of the molecule is Cc1cccc(C2(C(=O)NCc3ccoc3)CC2)c1. The highest BCUT2D eigenvalue weighted by molar-refractivity contribution is 5.91. The summed E-state index contributed by atoms with van der Waals surface area (Å²) < 4.78 is 5.00. The molecule has 1 aliphatic carbocycles. The first-order valence-corrected chi connectivity index (χ1v) is 6.57. The first kappa shape index (κ1) is 12.0. The number of hydrogen-bond donors (Lipinski definition) is 1. The van der Waals surface area contributed by atoms with Crippen molar-refractivity contribution in [2.45, 2.75) is 31.7 Å². The maximum absolute atomic E-state index is 12.4. The molecule has 19 heavy (non-hydrogen) atoms. The van der Waals surface area contributed by atoms with E-state index >= 15 is 0 Å². The van der Waals surface area contributed by atoms with Crippen LogP contribution in [0.3, 0.4) is 0 Å². The Hall–Kier alpha value is -2.03. The van der Waals surface area contributed by atoms with E-state index in [1.54, 1.807) is 12.5 Å². The van der Waals surface area contributed by atoms with Gasteiger partial charge in [0.1, 0.15) is 0 Å². The van der Waals surface area contributed by atoms with Gasteiger partial charge in [0.2, 0.25) is 5.91 Å². The Bertz CT molecular complexity index is 583. The quantitative estimate of drug-likeness (QED) is 0.912. The molecule has 1 fully saturated rings. The molecule has 1 N–H and O–H groups in total. The molecule has 3 heteroatoms. The fourth-order valence-corrected chi connectivity index (χ4v) is 2.46. The third kappa shape index (κ3) is 2.28. The third-order valence-electron chi connectivity index (χ3n) is 3.79.